The smallest absolute Gasteiger partial charge is 0.363 e. The van der Waals surface area contributed by atoms with E-state index in [-0.39, 0.29) is 17.1 Å². The largest absolute Gasteiger partial charge is 0.433 e. The molecule has 0 aliphatic carbocycles. The highest BCUT2D eigenvalue weighted by Gasteiger charge is 2.33. The van der Waals surface area contributed by atoms with Crippen LogP contribution in [0.15, 0.2) is 47.6 Å². The maximum atomic E-state index is 13.6. The molecule has 0 aromatic carbocycles. The Balaban J connectivity index is 1.18. The first-order valence-corrected chi connectivity index (χ1v) is 14.1. The Labute approximate surface area is 244 Å². The summed E-state index contributed by atoms with van der Waals surface area (Å²) in [6, 6.07) is 7.89. The van der Waals surface area contributed by atoms with Crippen molar-refractivity contribution in [2.24, 2.45) is 5.92 Å². The van der Waals surface area contributed by atoms with Crippen LogP contribution in [-0.4, -0.2) is 64.8 Å². The Morgan fingerprint density at radius 3 is 2.55 bits per heavy atom. The number of alkyl halides is 3. The molecule has 0 unspecified atom stereocenters. The molecule has 0 bridgehead atoms. The first kappa shape index (κ1) is 29.5. The molecule has 5 rings (SSSR count). The maximum absolute atomic E-state index is 13.6. The molecule has 5 heterocycles. The normalized spacial score (nSPS) is 17.2. The number of nitrogens with one attached hydrogen (secondary N) is 2. The summed E-state index contributed by atoms with van der Waals surface area (Å²) in [4.78, 5) is 44.5. The molecule has 42 heavy (non-hydrogen) atoms. The number of pyridine rings is 2. The van der Waals surface area contributed by atoms with Crippen LogP contribution in [0.4, 0.5) is 29.7 Å². The molecule has 14 heteroatoms. The number of carbonyl (C=O) groups is 2. The third-order valence-electron chi connectivity index (χ3n) is 6.92. The summed E-state index contributed by atoms with van der Waals surface area (Å²) in [5, 5.41) is 5.13. The Morgan fingerprint density at radius 2 is 1.90 bits per heavy atom. The minimum absolute atomic E-state index is 0.226. The number of hydrogen-bond acceptors (Lipinski definition) is 10. The van der Waals surface area contributed by atoms with Gasteiger partial charge in [-0.3, -0.25) is 14.9 Å². The number of rotatable bonds is 8. The highest BCUT2D eigenvalue weighted by Crippen LogP contribution is 2.31. The van der Waals surface area contributed by atoms with E-state index in [0.717, 1.165) is 30.7 Å². The predicted molar refractivity (Wildman–Crippen MR) is 155 cm³/mol. The summed E-state index contributed by atoms with van der Waals surface area (Å²) >= 11 is 0.836. The van der Waals surface area contributed by atoms with Gasteiger partial charge in [-0.25, -0.2) is 19.9 Å². The van der Waals surface area contributed by atoms with Crippen molar-refractivity contribution >= 4 is 40.8 Å². The van der Waals surface area contributed by atoms with Gasteiger partial charge in [-0.2, -0.15) is 13.2 Å². The van der Waals surface area contributed by atoms with Gasteiger partial charge < -0.3 is 15.1 Å². The number of nitrogens with zero attached hydrogens (tertiary/aromatic N) is 6. The number of imide groups is 1. The molecule has 2 fully saturated rings. The summed E-state index contributed by atoms with van der Waals surface area (Å²) in [6.07, 6.45) is 1.86. The van der Waals surface area contributed by atoms with Crippen molar-refractivity contribution in [3.05, 3.63) is 64.6 Å². The molecule has 2 N–H and O–H groups in total. The Hall–Kier alpha value is -4.04. The van der Waals surface area contributed by atoms with Crippen LogP contribution in [0.5, 0.6) is 0 Å². The average Bonchev–Trinajstić information content (AvgIpc) is 3.28. The highest BCUT2D eigenvalue weighted by molar-refractivity contribution is 8.18. The van der Waals surface area contributed by atoms with Crippen molar-refractivity contribution in [2.75, 3.05) is 43.5 Å². The first-order valence-electron chi connectivity index (χ1n) is 13.3. The standard InChI is InChI=1S/C28H29F3N8O2S/c1-38(2)24-4-3-19(16-34-24)21-11-18(12-23(36-21)28(29,30)31)15-32-14-17-6-9-39(10-7-17)26-33-8-5-20(35-26)13-22-25(40)37-27(41)42-22/h3-5,8,11-13,16-17,32H,6-7,9-10,14-15H2,1-2H3,(H,37,40,41)/b22-13-. The van der Waals surface area contributed by atoms with Crippen molar-refractivity contribution in [3.8, 4) is 11.3 Å². The molecule has 0 saturated carbocycles. The second-order valence-electron chi connectivity index (χ2n) is 10.2. The molecule has 3 aromatic rings. The minimum atomic E-state index is -4.57. The fraction of sp³-hybridized carbons (Fsp3) is 0.357. The number of halogens is 3. The summed E-state index contributed by atoms with van der Waals surface area (Å²) < 4.78 is 40.9. The van der Waals surface area contributed by atoms with E-state index in [1.807, 2.05) is 19.0 Å². The molecule has 2 amide bonds. The number of anilines is 2. The number of aromatic nitrogens is 4. The third-order valence-corrected chi connectivity index (χ3v) is 7.73. The van der Waals surface area contributed by atoms with Crippen LogP contribution in [0.25, 0.3) is 17.3 Å². The molecule has 0 spiro atoms. The van der Waals surface area contributed by atoms with Gasteiger partial charge in [0.2, 0.25) is 5.95 Å². The van der Waals surface area contributed by atoms with Gasteiger partial charge >= 0.3 is 6.18 Å². The molecular weight excluding hydrogens is 569 g/mol. The average molecular weight is 599 g/mol. The predicted octanol–water partition coefficient (Wildman–Crippen LogP) is 4.35. The van der Waals surface area contributed by atoms with Crippen molar-refractivity contribution < 1.29 is 22.8 Å². The zero-order chi connectivity index (χ0) is 29.9. The monoisotopic (exact) mass is 598 g/mol. The number of piperidine rings is 1. The van der Waals surface area contributed by atoms with Gasteiger partial charge in [-0.05, 0) is 79.0 Å². The molecule has 3 aromatic heterocycles. The molecule has 2 aliphatic rings. The molecule has 0 radical (unpaired) electrons. The van der Waals surface area contributed by atoms with E-state index in [2.05, 4.69) is 35.5 Å². The lowest BCUT2D eigenvalue weighted by Gasteiger charge is -2.32. The fourth-order valence-corrected chi connectivity index (χ4v) is 5.36. The molecule has 2 saturated heterocycles. The van der Waals surface area contributed by atoms with Gasteiger partial charge in [0.25, 0.3) is 11.1 Å². The van der Waals surface area contributed by atoms with E-state index in [1.54, 1.807) is 36.5 Å². The van der Waals surface area contributed by atoms with Crippen molar-refractivity contribution in [1.29, 1.82) is 0 Å². The second-order valence-corrected chi connectivity index (χ2v) is 11.3. The second kappa shape index (κ2) is 12.4. The fourth-order valence-electron chi connectivity index (χ4n) is 4.69. The van der Waals surface area contributed by atoms with E-state index in [1.165, 1.54) is 6.20 Å². The van der Waals surface area contributed by atoms with Gasteiger partial charge in [-0.15, -0.1) is 0 Å². The van der Waals surface area contributed by atoms with Crippen LogP contribution >= 0.6 is 11.8 Å². The van der Waals surface area contributed by atoms with Crippen LogP contribution in [0.3, 0.4) is 0 Å². The number of thioether (sulfide) groups is 1. The summed E-state index contributed by atoms with van der Waals surface area (Å²) in [5.41, 5.74) is 0.844. The lowest BCUT2D eigenvalue weighted by Crippen LogP contribution is -2.38. The lowest BCUT2D eigenvalue weighted by molar-refractivity contribution is -0.141. The van der Waals surface area contributed by atoms with Crippen LogP contribution < -0.4 is 20.4 Å². The van der Waals surface area contributed by atoms with E-state index < -0.39 is 23.0 Å². The highest BCUT2D eigenvalue weighted by atomic mass is 32.2. The van der Waals surface area contributed by atoms with Gasteiger partial charge in [0, 0.05) is 51.7 Å². The first-order chi connectivity index (χ1) is 20.0. The van der Waals surface area contributed by atoms with E-state index in [9.17, 15) is 22.8 Å². The zero-order valence-corrected chi connectivity index (χ0v) is 23.8. The Morgan fingerprint density at radius 1 is 1.12 bits per heavy atom. The molecule has 220 valence electrons. The minimum Gasteiger partial charge on any atom is -0.363 e. The number of hydrogen-bond donors (Lipinski definition) is 2. The van der Waals surface area contributed by atoms with Gasteiger partial charge in [-0.1, -0.05) is 0 Å². The van der Waals surface area contributed by atoms with Gasteiger partial charge in [0.05, 0.1) is 16.3 Å². The topological polar surface area (TPSA) is 116 Å². The van der Waals surface area contributed by atoms with Crippen LogP contribution in [0.2, 0.25) is 0 Å². The van der Waals surface area contributed by atoms with Gasteiger partial charge in [0.1, 0.15) is 11.5 Å². The number of amides is 2. The van der Waals surface area contributed by atoms with Crippen molar-refractivity contribution in [2.45, 2.75) is 25.6 Å². The maximum Gasteiger partial charge on any atom is 0.433 e. The molecule has 0 atom stereocenters. The zero-order valence-electron chi connectivity index (χ0n) is 23.0. The van der Waals surface area contributed by atoms with Crippen LogP contribution in [0.1, 0.15) is 29.8 Å². The molecule has 10 nitrogen and oxygen atoms in total. The SMILES string of the molecule is CN(C)c1ccc(-c2cc(CNCC3CCN(c4nccc(/C=C5\SC(=O)NC5=O)n4)CC3)cc(C(F)(F)F)n2)cn1. The van der Waals surface area contributed by atoms with E-state index >= 15 is 0 Å². The van der Waals surface area contributed by atoms with Crippen LogP contribution in [-0.2, 0) is 17.5 Å². The summed E-state index contributed by atoms with van der Waals surface area (Å²) in [5.74, 6) is 1.14. The summed E-state index contributed by atoms with van der Waals surface area (Å²) in [6.45, 7) is 2.36. The molecular formula is C28H29F3N8O2S. The number of carbonyl (C=O) groups excluding carboxylic acids is 2. The Kier molecular flexibility index (Phi) is 8.73. The van der Waals surface area contributed by atoms with Crippen molar-refractivity contribution in [1.82, 2.24) is 30.6 Å². The lowest BCUT2D eigenvalue weighted by atomic mass is 9.97. The van der Waals surface area contributed by atoms with E-state index in [4.69, 9.17) is 0 Å². The van der Waals surface area contributed by atoms with Crippen LogP contribution in [0, 0.1) is 5.92 Å². The quantitative estimate of drug-likeness (QED) is 0.363. The molecule has 2 aliphatic heterocycles. The van der Waals surface area contributed by atoms with E-state index in [0.29, 0.717) is 54.1 Å². The Bertz CT molecular complexity index is 1490. The van der Waals surface area contributed by atoms with Gasteiger partial charge in [0.15, 0.2) is 0 Å². The summed E-state index contributed by atoms with van der Waals surface area (Å²) in [7, 11) is 3.68. The third kappa shape index (κ3) is 7.23. The van der Waals surface area contributed by atoms with Crippen molar-refractivity contribution in [3.63, 3.8) is 0 Å².